The molecule has 1 aromatic rings. The minimum Gasteiger partial charge on any atom is -0.343 e. The first-order valence-corrected chi connectivity index (χ1v) is 9.15. The minimum atomic E-state index is 0.400. The number of piperidine rings is 1. The van der Waals surface area contributed by atoms with Crippen LogP contribution in [0.15, 0.2) is 30.3 Å². The van der Waals surface area contributed by atoms with E-state index in [-0.39, 0.29) is 0 Å². The third kappa shape index (κ3) is 4.12. The van der Waals surface area contributed by atoms with Crippen molar-refractivity contribution >= 4 is 5.91 Å². The first-order chi connectivity index (χ1) is 10.8. The van der Waals surface area contributed by atoms with Crippen LogP contribution >= 0.6 is 0 Å². The summed E-state index contributed by atoms with van der Waals surface area (Å²) in [5.41, 5.74) is 1.44. The maximum Gasteiger partial charge on any atom is 0.222 e. The average molecular weight is 299 g/mol. The summed E-state index contributed by atoms with van der Waals surface area (Å²) in [7, 11) is 0. The monoisotopic (exact) mass is 299 g/mol. The Labute approximate surface area is 134 Å². The Hall–Kier alpha value is -1.31. The third-order valence-electron chi connectivity index (χ3n) is 5.61. The average Bonchev–Trinajstić information content (AvgIpc) is 2.61. The van der Waals surface area contributed by atoms with E-state index in [1.807, 2.05) is 0 Å². The van der Waals surface area contributed by atoms with E-state index in [0.717, 1.165) is 44.7 Å². The predicted molar refractivity (Wildman–Crippen MR) is 90.8 cm³/mol. The number of hydrogen-bond donors (Lipinski definition) is 0. The zero-order valence-electron chi connectivity index (χ0n) is 13.7. The summed E-state index contributed by atoms with van der Waals surface area (Å²) in [6.07, 6.45) is 11.0. The molecule has 0 unspecified atom stereocenters. The number of nitrogens with zero attached hydrogens (tertiary/aromatic N) is 1. The van der Waals surface area contributed by atoms with E-state index in [1.165, 1.54) is 37.7 Å². The maximum absolute atomic E-state index is 12.4. The van der Waals surface area contributed by atoms with E-state index in [9.17, 15) is 4.79 Å². The molecule has 1 aliphatic heterocycles. The van der Waals surface area contributed by atoms with E-state index in [2.05, 4.69) is 35.2 Å². The molecule has 0 spiro atoms. The van der Waals surface area contributed by atoms with Gasteiger partial charge in [0, 0.05) is 19.5 Å². The van der Waals surface area contributed by atoms with Crippen molar-refractivity contribution < 1.29 is 4.79 Å². The molecule has 1 aromatic carbocycles. The third-order valence-corrected chi connectivity index (χ3v) is 5.61. The first-order valence-electron chi connectivity index (χ1n) is 9.15. The maximum atomic E-state index is 12.4. The van der Waals surface area contributed by atoms with Crippen molar-refractivity contribution in [3.63, 3.8) is 0 Å². The Kier molecular flexibility index (Phi) is 5.53. The highest BCUT2D eigenvalue weighted by Gasteiger charge is 2.24. The van der Waals surface area contributed by atoms with Gasteiger partial charge in [0.15, 0.2) is 0 Å². The lowest BCUT2D eigenvalue weighted by Crippen LogP contribution is -2.38. The van der Waals surface area contributed by atoms with Crippen molar-refractivity contribution in [3.05, 3.63) is 35.9 Å². The normalized spacial score (nSPS) is 21.0. The van der Waals surface area contributed by atoms with Gasteiger partial charge in [-0.1, -0.05) is 62.4 Å². The zero-order valence-corrected chi connectivity index (χ0v) is 13.7. The van der Waals surface area contributed by atoms with E-state index in [4.69, 9.17) is 0 Å². The van der Waals surface area contributed by atoms with E-state index >= 15 is 0 Å². The van der Waals surface area contributed by atoms with E-state index in [1.54, 1.807) is 0 Å². The van der Waals surface area contributed by atoms with Crippen molar-refractivity contribution in [3.8, 4) is 0 Å². The number of carbonyl (C=O) groups excluding carboxylic acids is 1. The van der Waals surface area contributed by atoms with Crippen molar-refractivity contribution in [1.29, 1.82) is 0 Å². The molecule has 0 N–H and O–H groups in total. The molecule has 1 aliphatic carbocycles. The summed E-state index contributed by atoms with van der Waals surface area (Å²) in [5, 5.41) is 0. The zero-order chi connectivity index (χ0) is 15.2. The predicted octanol–water partition coefficient (Wildman–Crippen LogP) is 4.75. The Morgan fingerprint density at radius 1 is 0.955 bits per heavy atom. The minimum absolute atomic E-state index is 0.400. The fraction of sp³-hybridized carbons (Fsp3) is 0.650. The summed E-state index contributed by atoms with van der Waals surface area (Å²) in [6, 6.07) is 10.8. The molecule has 1 saturated heterocycles. The van der Waals surface area contributed by atoms with Crippen LogP contribution in [0.1, 0.15) is 69.3 Å². The summed E-state index contributed by atoms with van der Waals surface area (Å²) < 4.78 is 0. The van der Waals surface area contributed by atoms with Crippen LogP contribution in [0, 0.1) is 5.92 Å². The van der Waals surface area contributed by atoms with Gasteiger partial charge in [-0.15, -0.1) is 0 Å². The number of likely N-dealkylation sites (tertiary alicyclic amines) is 1. The molecule has 1 amide bonds. The molecule has 2 nitrogen and oxygen atoms in total. The number of benzene rings is 1. The smallest absolute Gasteiger partial charge is 0.222 e. The van der Waals surface area contributed by atoms with Crippen molar-refractivity contribution in [2.24, 2.45) is 5.92 Å². The molecular weight excluding hydrogens is 270 g/mol. The van der Waals surface area contributed by atoms with Crippen LogP contribution in [0.3, 0.4) is 0 Å². The van der Waals surface area contributed by atoms with Gasteiger partial charge in [0.2, 0.25) is 5.91 Å². The van der Waals surface area contributed by atoms with Crippen molar-refractivity contribution in [1.82, 2.24) is 4.90 Å². The standard InChI is InChI=1S/C20H29NO/c22-20(12-11-17-7-3-1-4-8-17)21-15-13-19(14-16-21)18-9-5-2-6-10-18/h2,5-6,9-10,17,19H,1,3-4,7-8,11-16H2. The fourth-order valence-corrected chi connectivity index (χ4v) is 4.15. The number of amides is 1. The summed E-state index contributed by atoms with van der Waals surface area (Å²) in [6.45, 7) is 1.89. The van der Waals surface area contributed by atoms with Crippen molar-refractivity contribution in [2.45, 2.75) is 63.7 Å². The molecule has 120 valence electrons. The van der Waals surface area contributed by atoms with Crippen LogP contribution < -0.4 is 0 Å². The van der Waals surface area contributed by atoms with Gasteiger partial charge in [0.25, 0.3) is 0 Å². The molecule has 1 heterocycles. The van der Waals surface area contributed by atoms with Gasteiger partial charge < -0.3 is 4.90 Å². The van der Waals surface area contributed by atoms with Crippen LogP contribution in [0.4, 0.5) is 0 Å². The van der Waals surface area contributed by atoms with E-state index < -0.39 is 0 Å². The molecule has 0 atom stereocenters. The lowest BCUT2D eigenvalue weighted by atomic mass is 9.85. The molecule has 2 fully saturated rings. The fourth-order valence-electron chi connectivity index (χ4n) is 4.15. The second-order valence-corrected chi connectivity index (χ2v) is 7.11. The Morgan fingerprint density at radius 3 is 2.32 bits per heavy atom. The molecule has 3 rings (SSSR count). The molecular formula is C20H29NO. The van der Waals surface area contributed by atoms with Gasteiger partial charge >= 0.3 is 0 Å². The van der Waals surface area contributed by atoms with Crippen LogP contribution in [0.5, 0.6) is 0 Å². The molecule has 2 aliphatic rings. The van der Waals surface area contributed by atoms with Gasteiger partial charge in [-0.05, 0) is 36.7 Å². The lowest BCUT2D eigenvalue weighted by molar-refractivity contribution is -0.132. The highest BCUT2D eigenvalue weighted by atomic mass is 16.2. The highest BCUT2D eigenvalue weighted by molar-refractivity contribution is 5.76. The SMILES string of the molecule is O=C(CCC1CCCCC1)N1CCC(c2ccccc2)CC1. The first kappa shape index (κ1) is 15.6. The van der Waals surface area contributed by atoms with Gasteiger partial charge in [0.1, 0.15) is 0 Å². The molecule has 0 radical (unpaired) electrons. The number of hydrogen-bond acceptors (Lipinski definition) is 1. The molecule has 22 heavy (non-hydrogen) atoms. The van der Waals surface area contributed by atoms with E-state index in [0.29, 0.717) is 11.8 Å². The Bertz CT molecular complexity index is 456. The molecule has 1 saturated carbocycles. The second-order valence-electron chi connectivity index (χ2n) is 7.11. The Balaban J connectivity index is 1.41. The number of rotatable bonds is 4. The summed E-state index contributed by atoms with van der Waals surface area (Å²) in [5.74, 6) is 1.86. The van der Waals surface area contributed by atoms with Crippen LogP contribution in [0.25, 0.3) is 0 Å². The van der Waals surface area contributed by atoms with Gasteiger partial charge in [0.05, 0.1) is 0 Å². The highest BCUT2D eigenvalue weighted by Crippen LogP contribution is 2.30. The van der Waals surface area contributed by atoms with Gasteiger partial charge in [-0.3, -0.25) is 4.79 Å². The largest absolute Gasteiger partial charge is 0.343 e. The van der Waals surface area contributed by atoms with Crippen molar-refractivity contribution in [2.75, 3.05) is 13.1 Å². The summed E-state index contributed by atoms with van der Waals surface area (Å²) in [4.78, 5) is 14.5. The van der Waals surface area contributed by atoms with Crippen LogP contribution in [-0.4, -0.2) is 23.9 Å². The quantitative estimate of drug-likeness (QED) is 0.785. The Morgan fingerprint density at radius 2 is 1.64 bits per heavy atom. The lowest BCUT2D eigenvalue weighted by Gasteiger charge is -2.33. The van der Waals surface area contributed by atoms with Crippen LogP contribution in [0.2, 0.25) is 0 Å². The van der Waals surface area contributed by atoms with Gasteiger partial charge in [-0.2, -0.15) is 0 Å². The molecule has 2 heteroatoms. The van der Waals surface area contributed by atoms with Crippen LogP contribution in [-0.2, 0) is 4.79 Å². The second kappa shape index (κ2) is 7.80. The number of carbonyl (C=O) groups is 1. The molecule has 0 bridgehead atoms. The molecule has 0 aromatic heterocycles. The topological polar surface area (TPSA) is 20.3 Å². The summed E-state index contributed by atoms with van der Waals surface area (Å²) >= 11 is 0. The van der Waals surface area contributed by atoms with Gasteiger partial charge in [-0.25, -0.2) is 0 Å².